The van der Waals surface area contributed by atoms with Crippen LogP contribution in [-0.2, 0) is 0 Å². The van der Waals surface area contributed by atoms with Crippen molar-refractivity contribution in [2.24, 2.45) is 0 Å². The monoisotopic (exact) mass is 277 g/mol. The Balaban J connectivity index is 2.33. The Hall–Kier alpha value is -1.62. The molecule has 0 aromatic heterocycles. The van der Waals surface area contributed by atoms with Gasteiger partial charge in [-0.1, -0.05) is 13.8 Å². The molecule has 1 fully saturated rings. The van der Waals surface area contributed by atoms with Crippen molar-refractivity contribution >= 4 is 11.4 Å². The molecule has 0 amide bonds. The van der Waals surface area contributed by atoms with Crippen LogP contribution in [0.25, 0.3) is 0 Å². The minimum atomic E-state index is -0.309. The molecule has 2 rings (SSSR count). The second-order valence-corrected chi connectivity index (χ2v) is 5.51. The fraction of sp³-hybridized carbons (Fsp3) is 0.600. The molecule has 2 atom stereocenters. The van der Waals surface area contributed by atoms with Crippen LogP contribution < -0.4 is 10.2 Å². The lowest BCUT2D eigenvalue weighted by Gasteiger charge is -2.41. The number of nitrogens with zero attached hydrogens (tertiary/aromatic N) is 2. The van der Waals surface area contributed by atoms with Gasteiger partial charge in [0.2, 0.25) is 0 Å². The summed E-state index contributed by atoms with van der Waals surface area (Å²) in [4.78, 5) is 13.0. The molecule has 0 bridgehead atoms. The van der Waals surface area contributed by atoms with E-state index in [4.69, 9.17) is 0 Å². The number of nitro groups is 1. The number of nitrogens with one attached hydrogen (secondary N) is 1. The molecule has 1 aliphatic heterocycles. The summed E-state index contributed by atoms with van der Waals surface area (Å²) in [5, 5.41) is 14.6. The third-order valence-corrected chi connectivity index (χ3v) is 4.05. The highest BCUT2D eigenvalue weighted by molar-refractivity contribution is 5.57. The van der Waals surface area contributed by atoms with E-state index >= 15 is 0 Å². The van der Waals surface area contributed by atoms with E-state index in [1.807, 2.05) is 13.0 Å². The van der Waals surface area contributed by atoms with Crippen molar-refractivity contribution in [2.45, 2.75) is 45.7 Å². The summed E-state index contributed by atoms with van der Waals surface area (Å²) >= 11 is 0. The molecule has 1 N–H and O–H groups in total. The Morgan fingerprint density at radius 3 is 2.70 bits per heavy atom. The minimum Gasteiger partial charge on any atom is -0.366 e. The van der Waals surface area contributed by atoms with E-state index in [-0.39, 0.29) is 10.6 Å². The number of benzene rings is 1. The average Bonchev–Trinajstić information content (AvgIpc) is 2.45. The minimum absolute atomic E-state index is 0.182. The van der Waals surface area contributed by atoms with Crippen LogP contribution >= 0.6 is 0 Å². The molecule has 110 valence electrons. The van der Waals surface area contributed by atoms with Crippen LogP contribution in [0.1, 0.15) is 32.3 Å². The van der Waals surface area contributed by atoms with Gasteiger partial charge >= 0.3 is 0 Å². The van der Waals surface area contributed by atoms with Gasteiger partial charge in [-0.2, -0.15) is 0 Å². The zero-order chi connectivity index (χ0) is 14.7. The molecule has 0 saturated carbocycles. The molecule has 1 heterocycles. The molecule has 0 spiro atoms. The molecule has 1 aromatic carbocycles. The predicted octanol–water partition coefficient (Wildman–Crippen LogP) is 2.87. The highest BCUT2D eigenvalue weighted by Crippen LogP contribution is 2.27. The highest BCUT2D eigenvalue weighted by Gasteiger charge is 2.27. The summed E-state index contributed by atoms with van der Waals surface area (Å²) in [5.41, 5.74) is 2.10. The van der Waals surface area contributed by atoms with Crippen LogP contribution in [0.3, 0.4) is 0 Å². The summed E-state index contributed by atoms with van der Waals surface area (Å²) in [7, 11) is 0. The summed E-state index contributed by atoms with van der Waals surface area (Å²) in [5.74, 6) is 0. The van der Waals surface area contributed by atoms with E-state index in [1.165, 1.54) is 0 Å². The molecule has 5 heteroatoms. The van der Waals surface area contributed by atoms with E-state index in [1.54, 1.807) is 12.1 Å². The van der Waals surface area contributed by atoms with E-state index < -0.39 is 0 Å². The van der Waals surface area contributed by atoms with Crippen molar-refractivity contribution in [1.29, 1.82) is 0 Å². The molecule has 0 aliphatic carbocycles. The second kappa shape index (κ2) is 6.22. The fourth-order valence-corrected chi connectivity index (χ4v) is 2.83. The molecule has 1 aromatic rings. The Bertz CT molecular complexity index is 490. The number of nitro benzene ring substituents is 1. The third-order valence-electron chi connectivity index (χ3n) is 4.05. The van der Waals surface area contributed by atoms with Gasteiger partial charge < -0.3 is 10.2 Å². The zero-order valence-corrected chi connectivity index (χ0v) is 12.4. The molecule has 1 saturated heterocycles. The molecular weight excluding hydrogens is 254 g/mol. The van der Waals surface area contributed by atoms with E-state index in [0.717, 1.165) is 37.2 Å². The highest BCUT2D eigenvalue weighted by atomic mass is 16.6. The Morgan fingerprint density at radius 2 is 2.10 bits per heavy atom. The van der Waals surface area contributed by atoms with Crippen molar-refractivity contribution < 1.29 is 4.92 Å². The summed E-state index contributed by atoms with van der Waals surface area (Å²) in [6, 6.07) is 6.24. The average molecular weight is 277 g/mol. The van der Waals surface area contributed by atoms with Gasteiger partial charge in [-0.3, -0.25) is 10.1 Å². The van der Waals surface area contributed by atoms with Gasteiger partial charge in [0.05, 0.1) is 4.92 Å². The van der Waals surface area contributed by atoms with Crippen LogP contribution in [0.2, 0.25) is 0 Å². The quantitative estimate of drug-likeness (QED) is 0.679. The molecule has 5 nitrogen and oxygen atoms in total. The second-order valence-electron chi connectivity index (χ2n) is 5.51. The number of piperazine rings is 1. The first kappa shape index (κ1) is 14.8. The predicted molar refractivity (Wildman–Crippen MR) is 81.3 cm³/mol. The Kier molecular flexibility index (Phi) is 4.60. The van der Waals surface area contributed by atoms with E-state index in [0.29, 0.717) is 12.1 Å². The van der Waals surface area contributed by atoms with Gasteiger partial charge in [0.15, 0.2) is 0 Å². The van der Waals surface area contributed by atoms with Crippen molar-refractivity contribution in [3.05, 3.63) is 33.9 Å². The summed E-state index contributed by atoms with van der Waals surface area (Å²) in [6.07, 6.45) is 2.10. The van der Waals surface area contributed by atoms with Crippen molar-refractivity contribution in [3.8, 4) is 0 Å². The smallest absolute Gasteiger partial charge is 0.271 e. The standard InChI is InChI=1S/C15H23N3O2/c1-4-12-10-17(13(5-2)9-16-12)14-6-11(3)7-15(8-14)18(19)20/h6-8,12-13,16H,4-5,9-10H2,1-3H3. The van der Waals surface area contributed by atoms with Crippen LogP contribution in [0, 0.1) is 17.0 Å². The van der Waals surface area contributed by atoms with Crippen LogP contribution in [0.4, 0.5) is 11.4 Å². The van der Waals surface area contributed by atoms with Crippen molar-refractivity contribution in [2.75, 3.05) is 18.0 Å². The largest absolute Gasteiger partial charge is 0.366 e. The van der Waals surface area contributed by atoms with Crippen LogP contribution in [0.15, 0.2) is 18.2 Å². The first-order chi connectivity index (χ1) is 9.55. The first-order valence-corrected chi connectivity index (χ1v) is 7.31. The number of hydrogen-bond donors (Lipinski definition) is 1. The van der Waals surface area contributed by atoms with Gasteiger partial charge in [-0.15, -0.1) is 0 Å². The summed E-state index contributed by atoms with van der Waals surface area (Å²) in [6.45, 7) is 8.10. The lowest BCUT2D eigenvalue weighted by Crippen LogP contribution is -2.56. The Labute approximate surface area is 120 Å². The van der Waals surface area contributed by atoms with Gasteiger partial charge in [-0.05, 0) is 31.4 Å². The lowest BCUT2D eigenvalue weighted by atomic mass is 10.0. The van der Waals surface area contributed by atoms with Gasteiger partial charge in [0.1, 0.15) is 0 Å². The maximum absolute atomic E-state index is 11.0. The number of non-ortho nitro benzene ring substituents is 1. The third kappa shape index (κ3) is 3.10. The molecule has 20 heavy (non-hydrogen) atoms. The normalized spacial score (nSPS) is 22.9. The van der Waals surface area contributed by atoms with Crippen molar-refractivity contribution in [1.82, 2.24) is 5.32 Å². The van der Waals surface area contributed by atoms with Gasteiger partial charge in [0.25, 0.3) is 5.69 Å². The number of hydrogen-bond acceptors (Lipinski definition) is 4. The van der Waals surface area contributed by atoms with E-state index in [2.05, 4.69) is 24.1 Å². The Morgan fingerprint density at radius 1 is 1.35 bits per heavy atom. The number of rotatable bonds is 4. The first-order valence-electron chi connectivity index (χ1n) is 7.31. The lowest BCUT2D eigenvalue weighted by molar-refractivity contribution is -0.384. The molecule has 2 unspecified atom stereocenters. The maximum Gasteiger partial charge on any atom is 0.271 e. The van der Waals surface area contributed by atoms with Crippen LogP contribution in [0.5, 0.6) is 0 Å². The molecule has 1 aliphatic rings. The van der Waals surface area contributed by atoms with Gasteiger partial charge in [0, 0.05) is 43.0 Å². The number of anilines is 1. The zero-order valence-electron chi connectivity index (χ0n) is 12.4. The van der Waals surface area contributed by atoms with E-state index in [9.17, 15) is 10.1 Å². The molecule has 0 radical (unpaired) electrons. The summed E-state index contributed by atoms with van der Waals surface area (Å²) < 4.78 is 0. The molecular formula is C15H23N3O2. The number of aryl methyl sites for hydroxylation is 1. The topological polar surface area (TPSA) is 58.4 Å². The fourth-order valence-electron chi connectivity index (χ4n) is 2.83. The SMILES string of the molecule is CCC1CN(c2cc(C)cc([N+](=O)[O-])c2)C(CC)CN1. The van der Waals surface area contributed by atoms with Crippen LogP contribution in [-0.4, -0.2) is 30.1 Å². The maximum atomic E-state index is 11.0. The van der Waals surface area contributed by atoms with Gasteiger partial charge in [-0.25, -0.2) is 0 Å². The van der Waals surface area contributed by atoms with Crippen molar-refractivity contribution in [3.63, 3.8) is 0 Å².